The van der Waals surface area contributed by atoms with Gasteiger partial charge in [-0.3, -0.25) is 0 Å². The van der Waals surface area contributed by atoms with Gasteiger partial charge in [0.05, 0.1) is 25.5 Å². The van der Waals surface area contributed by atoms with Gasteiger partial charge >= 0.3 is 5.97 Å². The minimum atomic E-state index is -0.552. The fraction of sp³-hybridized carbons (Fsp3) is 0.333. The summed E-state index contributed by atoms with van der Waals surface area (Å²) in [7, 11) is 2.82. The number of hydrogen-bond donors (Lipinski definition) is 1. The molecular weight excluding hydrogens is 220 g/mol. The summed E-state index contributed by atoms with van der Waals surface area (Å²) in [4.78, 5) is 11.3. The molecule has 0 spiro atoms. The Balaban J connectivity index is 3.04. The maximum absolute atomic E-state index is 11.3. The number of carbonyl (C=O) groups excluding carboxylic acids is 1. The molecule has 0 fully saturated rings. The van der Waals surface area contributed by atoms with E-state index < -0.39 is 12.0 Å². The van der Waals surface area contributed by atoms with Crippen LogP contribution in [0.2, 0.25) is 0 Å². The molecule has 0 aromatic heterocycles. The number of nitrogens with one attached hydrogen (secondary N) is 1. The first-order chi connectivity index (χ1) is 8.13. The second-order valence-electron chi connectivity index (χ2n) is 3.38. The van der Waals surface area contributed by atoms with Crippen molar-refractivity contribution in [2.24, 2.45) is 0 Å². The quantitative estimate of drug-likeness (QED) is 0.800. The zero-order chi connectivity index (χ0) is 12.8. The molecule has 1 aromatic carbocycles. The van der Waals surface area contributed by atoms with Crippen molar-refractivity contribution < 1.29 is 14.3 Å². The standard InChI is InChI=1S/C12H14N2O3/c1-8(12(15)17-3)14-11-9(7-13)5-4-6-10(11)16-2/h4-6,8,14H,1-3H3. The summed E-state index contributed by atoms with van der Waals surface area (Å²) in [6, 6.07) is 6.56. The van der Waals surface area contributed by atoms with Crippen LogP contribution in [-0.4, -0.2) is 26.2 Å². The first-order valence-corrected chi connectivity index (χ1v) is 5.05. The van der Waals surface area contributed by atoms with Gasteiger partial charge in [0.15, 0.2) is 0 Å². The summed E-state index contributed by atoms with van der Waals surface area (Å²) in [6.07, 6.45) is 0. The fourth-order valence-electron chi connectivity index (χ4n) is 1.40. The van der Waals surface area contributed by atoms with Crippen molar-refractivity contribution >= 4 is 11.7 Å². The van der Waals surface area contributed by atoms with Crippen LogP contribution in [0.25, 0.3) is 0 Å². The molecule has 0 aliphatic carbocycles. The number of nitriles is 1. The lowest BCUT2D eigenvalue weighted by molar-refractivity contribution is -0.141. The summed E-state index contributed by atoms with van der Waals surface area (Å²) in [5, 5.41) is 11.9. The van der Waals surface area contributed by atoms with E-state index >= 15 is 0 Å². The monoisotopic (exact) mass is 234 g/mol. The van der Waals surface area contributed by atoms with Crippen molar-refractivity contribution in [1.29, 1.82) is 5.26 Å². The van der Waals surface area contributed by atoms with Crippen LogP contribution in [0.4, 0.5) is 5.69 Å². The predicted molar refractivity (Wildman–Crippen MR) is 62.8 cm³/mol. The van der Waals surface area contributed by atoms with Crippen molar-refractivity contribution in [3.8, 4) is 11.8 Å². The largest absolute Gasteiger partial charge is 0.495 e. The van der Waals surface area contributed by atoms with Crippen LogP contribution in [0, 0.1) is 11.3 Å². The number of nitrogens with zero attached hydrogens (tertiary/aromatic N) is 1. The molecule has 0 amide bonds. The van der Waals surface area contributed by atoms with Crippen LogP contribution in [0.15, 0.2) is 18.2 Å². The Kier molecular flexibility index (Phi) is 4.35. The number of carbonyl (C=O) groups is 1. The molecule has 1 aromatic rings. The SMILES string of the molecule is COC(=O)C(C)Nc1c(C#N)cccc1OC. The Morgan fingerprint density at radius 1 is 1.47 bits per heavy atom. The highest BCUT2D eigenvalue weighted by Gasteiger charge is 2.17. The smallest absolute Gasteiger partial charge is 0.327 e. The summed E-state index contributed by atoms with van der Waals surface area (Å²) >= 11 is 0. The van der Waals surface area contributed by atoms with Gasteiger partial charge in [-0.1, -0.05) is 6.07 Å². The average Bonchev–Trinajstić information content (AvgIpc) is 2.37. The number of rotatable bonds is 4. The maximum Gasteiger partial charge on any atom is 0.327 e. The lowest BCUT2D eigenvalue weighted by atomic mass is 10.1. The molecule has 0 bridgehead atoms. The van der Waals surface area contributed by atoms with E-state index in [1.54, 1.807) is 25.1 Å². The molecule has 0 saturated carbocycles. The highest BCUT2D eigenvalue weighted by molar-refractivity contribution is 5.80. The third-order valence-electron chi connectivity index (χ3n) is 2.28. The second kappa shape index (κ2) is 5.75. The van der Waals surface area contributed by atoms with E-state index in [0.29, 0.717) is 17.0 Å². The van der Waals surface area contributed by atoms with Crippen LogP contribution in [0.3, 0.4) is 0 Å². The first-order valence-electron chi connectivity index (χ1n) is 5.05. The van der Waals surface area contributed by atoms with Crippen molar-refractivity contribution in [2.45, 2.75) is 13.0 Å². The highest BCUT2D eigenvalue weighted by Crippen LogP contribution is 2.28. The van der Waals surface area contributed by atoms with E-state index in [0.717, 1.165) is 0 Å². The third kappa shape index (κ3) is 2.88. The molecule has 0 saturated heterocycles. The topological polar surface area (TPSA) is 71.3 Å². The summed E-state index contributed by atoms with van der Waals surface area (Å²) < 4.78 is 9.74. The molecule has 17 heavy (non-hydrogen) atoms. The summed E-state index contributed by atoms with van der Waals surface area (Å²) in [5.41, 5.74) is 0.913. The van der Waals surface area contributed by atoms with E-state index in [9.17, 15) is 4.79 Å². The van der Waals surface area contributed by atoms with Crippen LogP contribution in [-0.2, 0) is 9.53 Å². The Morgan fingerprint density at radius 3 is 2.71 bits per heavy atom. The summed E-state index contributed by atoms with van der Waals surface area (Å²) in [5.74, 6) is 0.111. The molecule has 1 atom stereocenters. The van der Waals surface area contributed by atoms with Gasteiger partial charge in [-0.2, -0.15) is 5.26 Å². The molecule has 0 aliphatic heterocycles. The maximum atomic E-state index is 11.3. The summed E-state index contributed by atoms with van der Waals surface area (Å²) in [6.45, 7) is 1.65. The number of benzene rings is 1. The van der Waals surface area contributed by atoms with Gasteiger partial charge in [0.25, 0.3) is 0 Å². The van der Waals surface area contributed by atoms with Crippen molar-refractivity contribution in [1.82, 2.24) is 0 Å². The third-order valence-corrected chi connectivity index (χ3v) is 2.28. The molecule has 1 rings (SSSR count). The molecule has 0 aliphatic rings. The Labute approximate surface area is 100.0 Å². The second-order valence-corrected chi connectivity index (χ2v) is 3.38. The molecule has 0 heterocycles. The number of hydrogen-bond acceptors (Lipinski definition) is 5. The van der Waals surface area contributed by atoms with Crippen molar-refractivity contribution in [3.05, 3.63) is 23.8 Å². The van der Waals surface area contributed by atoms with Crippen molar-refractivity contribution in [2.75, 3.05) is 19.5 Å². The van der Waals surface area contributed by atoms with Crippen LogP contribution >= 0.6 is 0 Å². The number of methoxy groups -OCH3 is 2. The van der Waals surface area contributed by atoms with Gasteiger partial charge in [-0.25, -0.2) is 4.79 Å². The van der Waals surface area contributed by atoms with Crippen LogP contribution < -0.4 is 10.1 Å². The molecule has 1 unspecified atom stereocenters. The zero-order valence-corrected chi connectivity index (χ0v) is 9.98. The molecule has 0 radical (unpaired) electrons. The normalized spacial score (nSPS) is 11.2. The highest BCUT2D eigenvalue weighted by atomic mass is 16.5. The Hall–Kier alpha value is -2.22. The molecule has 5 nitrogen and oxygen atoms in total. The van der Waals surface area contributed by atoms with Crippen LogP contribution in [0.5, 0.6) is 5.75 Å². The van der Waals surface area contributed by atoms with E-state index in [1.807, 2.05) is 6.07 Å². The predicted octanol–water partition coefficient (Wildman–Crippen LogP) is 1.54. The molecule has 5 heteroatoms. The van der Waals surface area contributed by atoms with Gasteiger partial charge in [-0.15, -0.1) is 0 Å². The minimum absolute atomic E-state index is 0.403. The number of anilines is 1. The lowest BCUT2D eigenvalue weighted by Gasteiger charge is -2.16. The van der Waals surface area contributed by atoms with Crippen molar-refractivity contribution in [3.63, 3.8) is 0 Å². The number of ether oxygens (including phenoxy) is 2. The Bertz CT molecular complexity index is 452. The fourth-order valence-corrected chi connectivity index (χ4v) is 1.40. The first kappa shape index (κ1) is 12.8. The lowest BCUT2D eigenvalue weighted by Crippen LogP contribution is -2.27. The van der Waals surface area contributed by atoms with E-state index in [2.05, 4.69) is 10.1 Å². The van der Waals surface area contributed by atoms with Gasteiger partial charge < -0.3 is 14.8 Å². The molecule has 90 valence electrons. The number of para-hydroxylation sites is 1. The van der Waals surface area contributed by atoms with Gasteiger partial charge in [-0.05, 0) is 19.1 Å². The van der Waals surface area contributed by atoms with E-state index in [-0.39, 0.29) is 0 Å². The minimum Gasteiger partial charge on any atom is -0.495 e. The van der Waals surface area contributed by atoms with Crippen LogP contribution in [0.1, 0.15) is 12.5 Å². The molecular formula is C12H14N2O3. The van der Waals surface area contributed by atoms with Gasteiger partial charge in [0, 0.05) is 0 Å². The van der Waals surface area contributed by atoms with E-state index in [4.69, 9.17) is 10.00 Å². The number of esters is 1. The van der Waals surface area contributed by atoms with Gasteiger partial charge in [0.2, 0.25) is 0 Å². The average molecular weight is 234 g/mol. The van der Waals surface area contributed by atoms with Gasteiger partial charge in [0.1, 0.15) is 17.9 Å². The molecule has 1 N–H and O–H groups in total. The zero-order valence-electron chi connectivity index (χ0n) is 9.98. The Morgan fingerprint density at radius 2 is 2.18 bits per heavy atom. The van der Waals surface area contributed by atoms with E-state index in [1.165, 1.54) is 14.2 Å².